The van der Waals surface area contributed by atoms with Crippen LogP contribution in [0.2, 0.25) is 0 Å². The van der Waals surface area contributed by atoms with Crippen LogP contribution < -0.4 is 0 Å². The number of halogens is 5. The van der Waals surface area contributed by atoms with Gasteiger partial charge in [0.2, 0.25) is 0 Å². The first-order chi connectivity index (χ1) is 8.24. The number of benzene rings is 1. The average Bonchev–Trinajstić information content (AvgIpc) is 2.26. The first kappa shape index (κ1) is 15.9. The Kier molecular flexibility index (Phi) is 5.55. The van der Waals surface area contributed by atoms with Crippen LogP contribution in [0.5, 0.6) is 0 Å². The van der Waals surface area contributed by atoms with E-state index in [-0.39, 0.29) is 27.8 Å². The second kappa shape index (κ2) is 6.30. The monoisotopic (exact) mass is 360 g/mol. The number of hydrogen-bond acceptors (Lipinski definition) is 2. The van der Waals surface area contributed by atoms with E-state index >= 15 is 0 Å². The second-order valence-corrected chi connectivity index (χ2v) is 5.81. The van der Waals surface area contributed by atoms with Crippen LogP contribution in [-0.2, 0) is 5.33 Å². The summed E-state index contributed by atoms with van der Waals surface area (Å²) in [4.78, 5) is 11.7. The van der Waals surface area contributed by atoms with E-state index < -0.39 is 10.9 Å². The maximum atomic E-state index is 12.3. The minimum Gasteiger partial charge on any atom is -0.293 e. The summed E-state index contributed by atoms with van der Waals surface area (Å²) < 4.78 is 36.9. The van der Waals surface area contributed by atoms with E-state index in [1.165, 1.54) is 25.1 Å². The second-order valence-electron chi connectivity index (χ2n) is 3.48. The van der Waals surface area contributed by atoms with Crippen molar-refractivity contribution in [3.63, 3.8) is 0 Å². The number of rotatable bonds is 4. The van der Waals surface area contributed by atoms with Gasteiger partial charge in [-0.05, 0) is 36.4 Å². The zero-order valence-corrected chi connectivity index (χ0v) is 12.4. The summed E-state index contributed by atoms with van der Waals surface area (Å²) in [5.41, 5.74) is -3.61. The highest BCUT2D eigenvalue weighted by Crippen LogP contribution is 2.39. The standard InChI is InChI=1S/C11H9BrClF3OS/c1-6(13)10(17)7-2-3-9(8(4-7)5-12)18-11(14,15)16/h2-4,6H,5H2,1H3. The lowest BCUT2D eigenvalue weighted by molar-refractivity contribution is -0.0328. The summed E-state index contributed by atoms with van der Waals surface area (Å²) in [6.07, 6.45) is 0. The molecular weight excluding hydrogens is 353 g/mol. The summed E-state index contributed by atoms with van der Waals surface area (Å²) >= 11 is 8.58. The lowest BCUT2D eigenvalue weighted by atomic mass is 10.1. The van der Waals surface area contributed by atoms with Crippen LogP contribution in [0.15, 0.2) is 23.1 Å². The lowest BCUT2D eigenvalue weighted by Crippen LogP contribution is -2.11. The Bertz CT molecular complexity index is 448. The molecule has 7 heteroatoms. The highest BCUT2D eigenvalue weighted by Gasteiger charge is 2.30. The fraction of sp³-hybridized carbons (Fsp3) is 0.364. The third-order valence-corrected chi connectivity index (χ3v) is 3.73. The molecule has 100 valence electrons. The molecule has 0 heterocycles. The van der Waals surface area contributed by atoms with E-state index in [0.29, 0.717) is 11.1 Å². The van der Waals surface area contributed by atoms with E-state index in [0.717, 1.165) is 0 Å². The summed E-state index contributed by atoms with van der Waals surface area (Å²) in [6.45, 7) is 1.52. The van der Waals surface area contributed by atoms with Gasteiger partial charge in [0.15, 0.2) is 5.78 Å². The van der Waals surface area contributed by atoms with Crippen LogP contribution in [0.25, 0.3) is 0 Å². The van der Waals surface area contributed by atoms with E-state index in [9.17, 15) is 18.0 Å². The molecule has 0 aliphatic heterocycles. The molecule has 1 nitrogen and oxygen atoms in total. The third-order valence-electron chi connectivity index (χ3n) is 2.08. The summed E-state index contributed by atoms with van der Waals surface area (Å²) in [7, 11) is 0. The van der Waals surface area contributed by atoms with Crippen LogP contribution in [0.1, 0.15) is 22.8 Å². The molecule has 1 atom stereocenters. The highest BCUT2D eigenvalue weighted by atomic mass is 79.9. The van der Waals surface area contributed by atoms with Crippen LogP contribution in [-0.4, -0.2) is 16.7 Å². The first-order valence-corrected chi connectivity index (χ1v) is 7.25. The van der Waals surface area contributed by atoms with Gasteiger partial charge < -0.3 is 0 Å². The predicted molar refractivity (Wildman–Crippen MR) is 70.6 cm³/mol. The molecule has 0 spiro atoms. The van der Waals surface area contributed by atoms with Gasteiger partial charge in [0.25, 0.3) is 0 Å². The fourth-order valence-electron chi connectivity index (χ4n) is 1.29. The Morgan fingerprint density at radius 2 is 2.11 bits per heavy atom. The highest BCUT2D eigenvalue weighted by molar-refractivity contribution is 9.08. The molecule has 0 amide bonds. The molecule has 1 aromatic rings. The van der Waals surface area contributed by atoms with Gasteiger partial charge in [-0.15, -0.1) is 11.6 Å². The molecular formula is C11H9BrClF3OS. The van der Waals surface area contributed by atoms with Crippen molar-refractivity contribution in [2.45, 2.75) is 28.0 Å². The van der Waals surface area contributed by atoms with Gasteiger partial charge in [-0.25, -0.2) is 0 Å². The molecule has 18 heavy (non-hydrogen) atoms. The molecule has 0 saturated carbocycles. The summed E-state index contributed by atoms with van der Waals surface area (Å²) in [6, 6.07) is 4.09. The number of thioether (sulfide) groups is 1. The number of hydrogen-bond donors (Lipinski definition) is 0. The topological polar surface area (TPSA) is 17.1 Å². The van der Waals surface area contributed by atoms with Crippen molar-refractivity contribution < 1.29 is 18.0 Å². The Balaban J connectivity index is 3.08. The number of ketones is 1. The zero-order chi connectivity index (χ0) is 13.9. The third kappa shape index (κ3) is 4.48. The van der Waals surface area contributed by atoms with E-state index in [1.807, 2.05) is 0 Å². The van der Waals surface area contributed by atoms with Gasteiger partial charge >= 0.3 is 5.51 Å². The molecule has 0 fully saturated rings. The van der Waals surface area contributed by atoms with Crippen molar-refractivity contribution in [1.82, 2.24) is 0 Å². The van der Waals surface area contributed by atoms with E-state index in [2.05, 4.69) is 15.9 Å². The molecule has 1 unspecified atom stereocenters. The lowest BCUT2D eigenvalue weighted by Gasteiger charge is -2.11. The van der Waals surface area contributed by atoms with Crippen molar-refractivity contribution in [2.75, 3.05) is 0 Å². The van der Waals surface area contributed by atoms with Gasteiger partial charge in [-0.2, -0.15) is 13.2 Å². The SMILES string of the molecule is CC(Cl)C(=O)c1ccc(SC(F)(F)F)c(CBr)c1. The minimum atomic E-state index is -4.35. The maximum Gasteiger partial charge on any atom is 0.446 e. The van der Waals surface area contributed by atoms with Gasteiger partial charge in [0.1, 0.15) is 0 Å². The molecule has 0 N–H and O–H groups in total. The Morgan fingerprint density at radius 3 is 2.56 bits per heavy atom. The Morgan fingerprint density at radius 1 is 1.50 bits per heavy atom. The van der Waals surface area contributed by atoms with Crippen LogP contribution in [0.4, 0.5) is 13.2 Å². The predicted octanol–water partition coefficient (Wildman–Crippen LogP) is 5.00. The molecule has 0 aromatic heterocycles. The molecule has 0 aliphatic carbocycles. The van der Waals surface area contributed by atoms with Crippen molar-refractivity contribution in [3.05, 3.63) is 29.3 Å². The number of alkyl halides is 5. The van der Waals surface area contributed by atoms with Gasteiger partial charge in [0.05, 0.1) is 5.38 Å². The number of carbonyl (C=O) groups excluding carboxylic acids is 1. The molecule has 0 bridgehead atoms. The van der Waals surface area contributed by atoms with E-state index in [4.69, 9.17) is 11.6 Å². The van der Waals surface area contributed by atoms with Crippen molar-refractivity contribution in [3.8, 4) is 0 Å². The van der Waals surface area contributed by atoms with Gasteiger partial charge in [-0.1, -0.05) is 22.0 Å². The number of Topliss-reactive ketones (excluding diaryl/α,β-unsaturated/α-hetero) is 1. The normalized spacial score (nSPS) is 13.4. The molecule has 1 rings (SSSR count). The summed E-state index contributed by atoms with van der Waals surface area (Å²) in [5.74, 6) is -0.303. The van der Waals surface area contributed by atoms with Crippen LogP contribution in [0.3, 0.4) is 0 Å². The summed E-state index contributed by atoms with van der Waals surface area (Å²) in [5, 5.41) is -0.460. The van der Waals surface area contributed by atoms with Crippen molar-refractivity contribution >= 4 is 45.1 Å². The van der Waals surface area contributed by atoms with Crippen molar-refractivity contribution in [2.24, 2.45) is 0 Å². The van der Waals surface area contributed by atoms with Crippen LogP contribution in [0, 0.1) is 0 Å². The minimum absolute atomic E-state index is 0.0816. The van der Waals surface area contributed by atoms with Gasteiger partial charge in [0, 0.05) is 15.8 Å². The quantitative estimate of drug-likeness (QED) is 0.426. The van der Waals surface area contributed by atoms with E-state index in [1.54, 1.807) is 0 Å². The fourth-order valence-corrected chi connectivity index (χ4v) is 2.71. The Hall–Kier alpha value is -0.200. The van der Waals surface area contributed by atoms with Crippen molar-refractivity contribution in [1.29, 1.82) is 0 Å². The first-order valence-electron chi connectivity index (χ1n) is 4.87. The molecule has 1 aromatic carbocycles. The Labute approximate surface area is 120 Å². The largest absolute Gasteiger partial charge is 0.446 e. The number of carbonyl (C=O) groups is 1. The average molecular weight is 362 g/mol. The molecule has 0 radical (unpaired) electrons. The molecule has 0 aliphatic rings. The smallest absolute Gasteiger partial charge is 0.293 e. The maximum absolute atomic E-state index is 12.3. The van der Waals surface area contributed by atoms with Gasteiger partial charge in [-0.3, -0.25) is 4.79 Å². The van der Waals surface area contributed by atoms with Crippen LogP contribution >= 0.6 is 39.3 Å². The molecule has 0 saturated heterocycles. The zero-order valence-electron chi connectivity index (χ0n) is 9.22.